The molecule has 4 aromatic rings. The average Bonchev–Trinajstić information content (AvgIpc) is 3.01. The first-order valence-electron chi connectivity index (χ1n) is 13.1. The molecular weight excluding hydrogens is 534 g/mol. The minimum absolute atomic E-state index is 0.0501. The van der Waals surface area contributed by atoms with E-state index in [0.29, 0.717) is 40.5 Å². The Morgan fingerprint density at radius 1 is 0.857 bits per heavy atom. The molecule has 1 unspecified atom stereocenters. The molecular formula is C32H33N5O5. The summed E-state index contributed by atoms with van der Waals surface area (Å²) in [4.78, 5) is 28.3. The third-order valence-electron chi connectivity index (χ3n) is 6.71. The molecule has 0 spiro atoms. The largest absolute Gasteiger partial charge is 0.493 e. The Hall–Kier alpha value is -5.51. The number of carbonyl (C=O) groups is 2. The van der Waals surface area contributed by atoms with Crippen molar-refractivity contribution in [3.05, 3.63) is 119 Å². The third kappa shape index (κ3) is 6.97. The molecule has 0 aliphatic carbocycles. The summed E-state index contributed by atoms with van der Waals surface area (Å²) in [5.41, 5.74) is 15.5. The Bertz CT molecular complexity index is 1540. The van der Waals surface area contributed by atoms with Crippen molar-refractivity contribution in [2.45, 2.75) is 19.0 Å². The summed E-state index contributed by atoms with van der Waals surface area (Å²) >= 11 is 0. The van der Waals surface area contributed by atoms with Crippen LogP contribution in [0.15, 0.2) is 102 Å². The maximum absolute atomic E-state index is 13.3. The Balaban J connectivity index is 1.84. The Morgan fingerprint density at radius 2 is 1.43 bits per heavy atom. The number of nitrogens with one attached hydrogen (secondary N) is 1. The van der Waals surface area contributed by atoms with Gasteiger partial charge in [-0.3, -0.25) is 9.59 Å². The van der Waals surface area contributed by atoms with E-state index in [1.54, 1.807) is 36.4 Å². The fourth-order valence-corrected chi connectivity index (χ4v) is 4.67. The monoisotopic (exact) mass is 567 g/mol. The summed E-state index contributed by atoms with van der Waals surface area (Å²) in [5.74, 6) is -0.252. The van der Waals surface area contributed by atoms with Gasteiger partial charge in [-0.15, -0.1) is 0 Å². The van der Waals surface area contributed by atoms with Gasteiger partial charge in [-0.25, -0.2) is 0 Å². The first kappa shape index (κ1) is 29.5. The van der Waals surface area contributed by atoms with Gasteiger partial charge in [0.2, 0.25) is 11.8 Å². The number of benzene rings is 4. The number of hydrogen-bond acceptors (Lipinski definition) is 7. The van der Waals surface area contributed by atoms with E-state index < -0.39 is 11.9 Å². The highest BCUT2D eigenvalue weighted by Crippen LogP contribution is 2.40. The fourth-order valence-electron chi connectivity index (χ4n) is 4.67. The predicted molar refractivity (Wildman–Crippen MR) is 162 cm³/mol. The normalized spacial score (nSPS) is 11.8. The molecule has 0 bridgehead atoms. The van der Waals surface area contributed by atoms with Gasteiger partial charge < -0.3 is 36.4 Å². The zero-order valence-electron chi connectivity index (χ0n) is 23.4. The average molecular weight is 568 g/mol. The molecule has 0 saturated heterocycles. The smallest absolute Gasteiger partial charge is 0.244 e. The minimum atomic E-state index is -1.05. The van der Waals surface area contributed by atoms with E-state index in [4.69, 9.17) is 26.1 Å². The molecule has 2 amide bonds. The number of ether oxygens (including phenoxy) is 2. The SMILES string of the molecule is COc1cc(NC(=O)Cc2ccccc2)c(C(C(N)=O)N(Cc2ccccc2)c2ccc(/C(N)=N/O)cc2)cc1OC. The van der Waals surface area contributed by atoms with E-state index in [0.717, 1.165) is 11.1 Å². The number of primary amides is 1. The number of amides is 2. The lowest BCUT2D eigenvalue weighted by molar-refractivity contribution is -0.119. The highest BCUT2D eigenvalue weighted by Gasteiger charge is 2.31. The molecule has 42 heavy (non-hydrogen) atoms. The van der Waals surface area contributed by atoms with Crippen LogP contribution in [0.25, 0.3) is 0 Å². The van der Waals surface area contributed by atoms with Crippen LogP contribution >= 0.6 is 0 Å². The molecule has 10 nitrogen and oxygen atoms in total. The van der Waals surface area contributed by atoms with Gasteiger partial charge in [-0.1, -0.05) is 65.8 Å². The van der Waals surface area contributed by atoms with Crippen molar-refractivity contribution in [2.75, 3.05) is 24.4 Å². The summed E-state index contributed by atoms with van der Waals surface area (Å²) in [7, 11) is 2.98. The zero-order chi connectivity index (χ0) is 30.1. The summed E-state index contributed by atoms with van der Waals surface area (Å²) < 4.78 is 11.1. The first-order chi connectivity index (χ1) is 20.3. The second kappa shape index (κ2) is 13.7. The minimum Gasteiger partial charge on any atom is -0.493 e. The van der Waals surface area contributed by atoms with Crippen molar-refractivity contribution in [1.82, 2.24) is 0 Å². The van der Waals surface area contributed by atoms with Crippen LogP contribution in [0.3, 0.4) is 0 Å². The van der Waals surface area contributed by atoms with E-state index in [1.807, 2.05) is 65.6 Å². The number of anilines is 2. The molecule has 4 rings (SSSR count). The molecule has 6 N–H and O–H groups in total. The second-order valence-electron chi connectivity index (χ2n) is 9.46. The van der Waals surface area contributed by atoms with Crippen molar-refractivity contribution in [3.63, 3.8) is 0 Å². The Morgan fingerprint density at radius 3 is 1.98 bits per heavy atom. The molecule has 10 heteroatoms. The molecule has 0 aliphatic heterocycles. The van der Waals surface area contributed by atoms with Crippen molar-refractivity contribution < 1.29 is 24.3 Å². The molecule has 0 aliphatic rings. The fraction of sp³-hybridized carbons (Fsp3) is 0.156. The number of rotatable bonds is 12. The summed E-state index contributed by atoms with van der Waals surface area (Å²) in [6.07, 6.45) is 0.124. The van der Waals surface area contributed by atoms with E-state index in [2.05, 4.69) is 10.5 Å². The van der Waals surface area contributed by atoms with E-state index >= 15 is 0 Å². The van der Waals surface area contributed by atoms with Gasteiger partial charge in [-0.2, -0.15) is 0 Å². The van der Waals surface area contributed by atoms with Gasteiger partial charge in [0, 0.05) is 29.4 Å². The predicted octanol–water partition coefficient (Wildman–Crippen LogP) is 4.21. The molecule has 216 valence electrons. The quantitative estimate of drug-likeness (QED) is 0.0866. The molecule has 0 fully saturated rings. The van der Waals surface area contributed by atoms with Gasteiger partial charge >= 0.3 is 0 Å². The molecule has 1 atom stereocenters. The number of amidine groups is 1. The topological polar surface area (TPSA) is 152 Å². The molecule has 0 saturated carbocycles. The molecule has 0 radical (unpaired) electrons. The van der Waals surface area contributed by atoms with Gasteiger partial charge in [-0.05, 0) is 41.5 Å². The van der Waals surface area contributed by atoms with Crippen LogP contribution < -0.4 is 31.2 Å². The van der Waals surface area contributed by atoms with Crippen molar-refractivity contribution in [2.24, 2.45) is 16.6 Å². The highest BCUT2D eigenvalue weighted by atomic mass is 16.5. The third-order valence-corrected chi connectivity index (χ3v) is 6.71. The van der Waals surface area contributed by atoms with Crippen LogP contribution in [0.2, 0.25) is 0 Å². The Labute approximate surface area is 244 Å². The van der Waals surface area contributed by atoms with E-state index in [1.165, 1.54) is 14.2 Å². The second-order valence-corrected chi connectivity index (χ2v) is 9.46. The van der Waals surface area contributed by atoms with Crippen molar-refractivity contribution in [3.8, 4) is 11.5 Å². The van der Waals surface area contributed by atoms with Crippen molar-refractivity contribution in [1.29, 1.82) is 0 Å². The van der Waals surface area contributed by atoms with Gasteiger partial charge in [0.15, 0.2) is 17.3 Å². The first-order valence-corrected chi connectivity index (χ1v) is 13.1. The van der Waals surface area contributed by atoms with Gasteiger partial charge in [0.1, 0.15) is 6.04 Å². The number of carbonyl (C=O) groups excluding carboxylic acids is 2. The van der Waals surface area contributed by atoms with E-state index in [9.17, 15) is 9.59 Å². The summed E-state index contributed by atoms with van der Waals surface area (Å²) in [6.45, 7) is 0.295. The van der Waals surface area contributed by atoms with Gasteiger partial charge in [0.25, 0.3) is 0 Å². The van der Waals surface area contributed by atoms with E-state index in [-0.39, 0.29) is 18.2 Å². The maximum atomic E-state index is 13.3. The number of methoxy groups -OCH3 is 2. The number of nitrogens with two attached hydrogens (primary N) is 2. The van der Waals surface area contributed by atoms with Crippen LogP contribution in [0.1, 0.15) is 28.3 Å². The van der Waals surface area contributed by atoms with Crippen LogP contribution in [-0.2, 0) is 22.6 Å². The zero-order valence-corrected chi connectivity index (χ0v) is 23.4. The Kier molecular flexibility index (Phi) is 9.62. The van der Waals surface area contributed by atoms with Crippen LogP contribution in [0.5, 0.6) is 11.5 Å². The lowest BCUT2D eigenvalue weighted by atomic mass is 9.98. The number of nitrogens with zero attached hydrogens (tertiary/aromatic N) is 2. The lowest BCUT2D eigenvalue weighted by Crippen LogP contribution is -2.38. The number of hydrogen-bond donors (Lipinski definition) is 4. The summed E-state index contributed by atoms with van der Waals surface area (Å²) in [6, 6.07) is 28.0. The van der Waals surface area contributed by atoms with Crippen molar-refractivity contribution >= 4 is 29.0 Å². The molecule has 0 aromatic heterocycles. The lowest BCUT2D eigenvalue weighted by Gasteiger charge is -2.34. The summed E-state index contributed by atoms with van der Waals surface area (Å²) in [5, 5.41) is 15.1. The maximum Gasteiger partial charge on any atom is 0.244 e. The van der Waals surface area contributed by atoms with Crippen LogP contribution in [0, 0.1) is 0 Å². The highest BCUT2D eigenvalue weighted by molar-refractivity contribution is 5.98. The molecule has 0 heterocycles. The molecule has 4 aromatic carbocycles. The van der Waals surface area contributed by atoms with Gasteiger partial charge in [0.05, 0.1) is 26.3 Å². The van der Waals surface area contributed by atoms with Crippen LogP contribution in [-0.4, -0.2) is 37.1 Å². The van der Waals surface area contributed by atoms with Crippen LogP contribution in [0.4, 0.5) is 11.4 Å². The number of oxime groups is 1. The standard InChI is InChI=1S/C32H33N5O5/c1-41-27-18-25(26(19-28(27)42-2)35-29(38)17-21-9-5-3-6-10-21)30(32(34)39)37(20-22-11-7-4-8-12-22)24-15-13-23(14-16-24)31(33)36-40/h3-16,18-19,30,40H,17,20H2,1-2H3,(H2,33,36)(H2,34,39)(H,35,38).